The molecule has 5 nitrogen and oxygen atoms in total. The van der Waals surface area contributed by atoms with Gasteiger partial charge in [0.15, 0.2) is 0 Å². The summed E-state index contributed by atoms with van der Waals surface area (Å²) >= 11 is 0. The Bertz CT molecular complexity index is 1120. The van der Waals surface area contributed by atoms with E-state index in [1.54, 1.807) is 36.4 Å². The molecule has 3 aromatic carbocycles. The van der Waals surface area contributed by atoms with Crippen LogP contribution in [0, 0.1) is 5.82 Å². The lowest BCUT2D eigenvalue weighted by molar-refractivity contribution is -0.132. The Balaban J connectivity index is 1.96. The van der Waals surface area contributed by atoms with Crippen LogP contribution >= 0.6 is 0 Å². The van der Waals surface area contributed by atoms with Gasteiger partial charge in [0.1, 0.15) is 17.3 Å². The monoisotopic (exact) mass is 389 g/mol. The van der Waals surface area contributed by atoms with Crippen LogP contribution in [0.2, 0.25) is 0 Å². The predicted octanol–water partition coefficient (Wildman–Crippen LogP) is 4.16. The number of phenolic OH excluding ortho intramolecular Hbond substituents is 1. The summed E-state index contributed by atoms with van der Waals surface area (Å²) in [7, 11) is 0. The molecule has 29 heavy (non-hydrogen) atoms. The molecule has 0 aliphatic carbocycles. The Hall–Kier alpha value is -3.93. The Morgan fingerprint density at radius 3 is 2.24 bits per heavy atom. The van der Waals surface area contributed by atoms with Gasteiger partial charge in [0.25, 0.3) is 11.7 Å². The molecule has 0 radical (unpaired) electrons. The van der Waals surface area contributed by atoms with Crippen LogP contribution in [0.25, 0.3) is 5.76 Å². The summed E-state index contributed by atoms with van der Waals surface area (Å²) in [5.41, 5.74) is 0.929. The Morgan fingerprint density at radius 2 is 1.59 bits per heavy atom. The minimum atomic E-state index is -1.02. The number of phenols is 1. The first kappa shape index (κ1) is 18.4. The first-order valence-electron chi connectivity index (χ1n) is 8.88. The minimum Gasteiger partial charge on any atom is -0.508 e. The summed E-state index contributed by atoms with van der Waals surface area (Å²) in [6.07, 6.45) is 0. The molecule has 6 heteroatoms. The SMILES string of the molecule is O=C1C(=O)N(c2ccc(O)cc2)[C@H](c2cccc(F)c2)C1=C(O)c1ccccc1. The maximum Gasteiger partial charge on any atom is 0.300 e. The smallest absolute Gasteiger partial charge is 0.300 e. The van der Waals surface area contributed by atoms with Gasteiger partial charge < -0.3 is 10.2 Å². The van der Waals surface area contributed by atoms with Crippen molar-refractivity contribution in [3.05, 3.63) is 101 Å². The third kappa shape index (κ3) is 3.25. The minimum absolute atomic E-state index is 0.00285. The molecule has 1 saturated heterocycles. The fourth-order valence-corrected chi connectivity index (χ4v) is 3.46. The largest absolute Gasteiger partial charge is 0.508 e. The van der Waals surface area contributed by atoms with Crippen molar-refractivity contribution in [3.63, 3.8) is 0 Å². The van der Waals surface area contributed by atoms with E-state index in [4.69, 9.17) is 0 Å². The molecule has 1 heterocycles. The van der Waals surface area contributed by atoms with Crippen LogP contribution < -0.4 is 4.90 Å². The van der Waals surface area contributed by atoms with Gasteiger partial charge in [-0.1, -0.05) is 42.5 Å². The van der Waals surface area contributed by atoms with Crippen molar-refractivity contribution in [2.45, 2.75) is 6.04 Å². The summed E-state index contributed by atoms with van der Waals surface area (Å²) in [5.74, 6) is -2.58. The highest BCUT2D eigenvalue weighted by molar-refractivity contribution is 6.51. The number of Topliss-reactive ketones (excluding diaryl/α,β-unsaturated/α-hetero) is 1. The van der Waals surface area contributed by atoms with Gasteiger partial charge in [-0.2, -0.15) is 0 Å². The van der Waals surface area contributed by atoms with Crippen LogP contribution in [0.1, 0.15) is 17.2 Å². The summed E-state index contributed by atoms with van der Waals surface area (Å²) in [5, 5.41) is 20.4. The number of rotatable bonds is 3. The van der Waals surface area contributed by atoms with E-state index in [1.807, 2.05) is 0 Å². The normalized spacial score (nSPS) is 18.2. The molecule has 0 bridgehead atoms. The molecule has 3 aromatic rings. The van der Waals surface area contributed by atoms with Crippen molar-refractivity contribution in [1.29, 1.82) is 0 Å². The van der Waals surface area contributed by atoms with Crippen molar-refractivity contribution in [2.24, 2.45) is 0 Å². The Morgan fingerprint density at radius 1 is 0.897 bits per heavy atom. The highest BCUT2D eigenvalue weighted by Gasteiger charge is 2.47. The van der Waals surface area contributed by atoms with Gasteiger partial charge >= 0.3 is 0 Å². The summed E-state index contributed by atoms with van der Waals surface area (Å²) < 4.78 is 13.9. The highest BCUT2D eigenvalue weighted by Crippen LogP contribution is 2.42. The molecule has 0 aromatic heterocycles. The molecule has 1 amide bonds. The van der Waals surface area contributed by atoms with Gasteiger partial charge in [-0.15, -0.1) is 0 Å². The molecule has 144 valence electrons. The molecule has 1 atom stereocenters. The lowest BCUT2D eigenvalue weighted by Crippen LogP contribution is -2.29. The average molecular weight is 389 g/mol. The van der Waals surface area contributed by atoms with Gasteiger partial charge in [0.05, 0.1) is 11.6 Å². The first-order chi connectivity index (χ1) is 14.0. The number of aliphatic hydroxyl groups excluding tert-OH is 1. The van der Waals surface area contributed by atoms with Gasteiger partial charge in [-0.25, -0.2) is 4.39 Å². The fourth-order valence-electron chi connectivity index (χ4n) is 3.46. The summed E-state index contributed by atoms with van der Waals surface area (Å²) in [6.45, 7) is 0. The number of anilines is 1. The number of aliphatic hydroxyl groups is 1. The Labute approximate surface area is 166 Å². The summed E-state index contributed by atoms with van der Waals surface area (Å²) in [4.78, 5) is 27.0. The van der Waals surface area contributed by atoms with E-state index in [0.29, 0.717) is 16.8 Å². The number of amides is 1. The molecule has 1 aliphatic rings. The maximum atomic E-state index is 13.9. The van der Waals surface area contributed by atoms with E-state index in [1.165, 1.54) is 47.4 Å². The highest BCUT2D eigenvalue weighted by atomic mass is 19.1. The molecule has 0 saturated carbocycles. The lowest BCUT2D eigenvalue weighted by atomic mass is 9.95. The number of nitrogens with zero attached hydrogens (tertiary/aromatic N) is 1. The van der Waals surface area contributed by atoms with Crippen LogP contribution in [0.5, 0.6) is 5.75 Å². The number of carbonyl (C=O) groups excluding carboxylic acids is 2. The van der Waals surface area contributed by atoms with Crippen molar-refractivity contribution < 1.29 is 24.2 Å². The van der Waals surface area contributed by atoms with E-state index >= 15 is 0 Å². The standard InChI is InChI=1S/C23H16FNO4/c24-16-8-4-7-15(13-16)20-19(21(27)14-5-2-1-3-6-14)22(28)23(29)25(20)17-9-11-18(26)12-10-17/h1-13,20,26-27H/t20-/m1/s1. The third-order valence-electron chi connectivity index (χ3n) is 4.78. The van der Waals surface area contributed by atoms with Crippen molar-refractivity contribution >= 4 is 23.1 Å². The van der Waals surface area contributed by atoms with E-state index in [0.717, 1.165) is 0 Å². The molecule has 4 rings (SSSR count). The van der Waals surface area contributed by atoms with Gasteiger partial charge in [0.2, 0.25) is 0 Å². The van der Waals surface area contributed by atoms with Crippen LogP contribution in [-0.4, -0.2) is 21.9 Å². The second-order valence-corrected chi connectivity index (χ2v) is 6.61. The van der Waals surface area contributed by atoms with E-state index in [9.17, 15) is 24.2 Å². The van der Waals surface area contributed by atoms with Crippen molar-refractivity contribution in [2.75, 3.05) is 4.90 Å². The number of carbonyl (C=O) groups is 2. The first-order valence-corrected chi connectivity index (χ1v) is 8.88. The Kier molecular flexibility index (Phi) is 4.60. The van der Waals surface area contributed by atoms with Crippen LogP contribution in [0.3, 0.4) is 0 Å². The topological polar surface area (TPSA) is 77.8 Å². The summed E-state index contributed by atoms with van der Waals surface area (Å²) in [6, 6.07) is 18.6. The van der Waals surface area contributed by atoms with Gasteiger partial charge in [-0.05, 0) is 42.0 Å². The number of aromatic hydroxyl groups is 1. The third-order valence-corrected chi connectivity index (χ3v) is 4.78. The van der Waals surface area contributed by atoms with Crippen molar-refractivity contribution in [1.82, 2.24) is 0 Å². The van der Waals surface area contributed by atoms with E-state index in [-0.39, 0.29) is 17.1 Å². The maximum absolute atomic E-state index is 13.9. The zero-order valence-electron chi connectivity index (χ0n) is 15.1. The second kappa shape index (κ2) is 7.24. The number of hydrogen-bond acceptors (Lipinski definition) is 4. The average Bonchev–Trinajstić information content (AvgIpc) is 3.00. The lowest BCUT2D eigenvalue weighted by Gasteiger charge is -2.25. The number of hydrogen-bond donors (Lipinski definition) is 2. The molecule has 1 aliphatic heterocycles. The van der Waals surface area contributed by atoms with Gasteiger partial charge in [-0.3, -0.25) is 14.5 Å². The molecular formula is C23H16FNO4. The molecule has 0 spiro atoms. The van der Waals surface area contributed by atoms with Crippen LogP contribution in [0.15, 0.2) is 84.4 Å². The van der Waals surface area contributed by atoms with Gasteiger partial charge in [0, 0.05) is 11.3 Å². The van der Waals surface area contributed by atoms with Crippen molar-refractivity contribution in [3.8, 4) is 5.75 Å². The zero-order valence-corrected chi connectivity index (χ0v) is 15.1. The molecule has 0 unspecified atom stereocenters. The number of halogens is 1. The van der Waals surface area contributed by atoms with Crippen LogP contribution in [0.4, 0.5) is 10.1 Å². The fraction of sp³-hybridized carbons (Fsp3) is 0.0435. The molecule has 2 N–H and O–H groups in total. The zero-order chi connectivity index (χ0) is 20.5. The van der Waals surface area contributed by atoms with E-state index < -0.39 is 23.5 Å². The second-order valence-electron chi connectivity index (χ2n) is 6.61. The number of benzene rings is 3. The predicted molar refractivity (Wildman–Crippen MR) is 106 cm³/mol. The molecular weight excluding hydrogens is 373 g/mol. The van der Waals surface area contributed by atoms with E-state index in [2.05, 4.69) is 0 Å². The molecule has 1 fully saturated rings. The number of ketones is 1. The van der Waals surface area contributed by atoms with Crippen LogP contribution in [-0.2, 0) is 9.59 Å². The quantitative estimate of drug-likeness (QED) is 0.401.